The number of para-hydroxylation sites is 2. The summed E-state index contributed by atoms with van der Waals surface area (Å²) in [6.45, 7) is 0. The van der Waals surface area contributed by atoms with E-state index in [1.165, 1.54) is 0 Å². The molecule has 0 N–H and O–H groups in total. The highest BCUT2D eigenvalue weighted by atomic mass is 16.5. The minimum absolute atomic E-state index is 0.766. The lowest BCUT2D eigenvalue weighted by Gasteiger charge is -2.01. The molecule has 0 bridgehead atoms. The Bertz CT molecular complexity index is 502. The van der Waals surface area contributed by atoms with Gasteiger partial charge in [-0.05, 0) is 12.1 Å². The smallest absolute Gasteiger partial charge is 0.144 e. The molecule has 0 saturated carbocycles. The topological polar surface area (TPSA) is 39.4 Å². The Morgan fingerprint density at radius 1 is 1.38 bits per heavy atom. The molecule has 0 spiro atoms. The number of aliphatic imine (C=N–C) groups is 1. The van der Waals surface area contributed by atoms with Crippen molar-refractivity contribution >= 4 is 11.9 Å². The summed E-state index contributed by atoms with van der Waals surface area (Å²) in [6, 6.07) is 7.64. The van der Waals surface area contributed by atoms with Gasteiger partial charge >= 0.3 is 0 Å². The number of rotatable bonds is 3. The molecule has 0 aliphatic heterocycles. The van der Waals surface area contributed by atoms with E-state index in [9.17, 15) is 0 Å². The number of benzene rings is 1. The average Bonchev–Trinajstić information content (AvgIpc) is 2.73. The summed E-state index contributed by atoms with van der Waals surface area (Å²) in [5, 5.41) is 4.07. The van der Waals surface area contributed by atoms with Gasteiger partial charge in [0.15, 0.2) is 0 Å². The summed E-state index contributed by atoms with van der Waals surface area (Å²) in [4.78, 5) is 4.36. The predicted octanol–water partition coefficient (Wildman–Crippen LogP) is 2.18. The quantitative estimate of drug-likeness (QED) is 0.736. The Labute approximate surface area is 94.2 Å². The molecule has 2 aromatic rings. The first-order chi connectivity index (χ1) is 7.79. The molecule has 4 nitrogen and oxygen atoms in total. The maximum atomic E-state index is 5.20. The van der Waals surface area contributed by atoms with Gasteiger partial charge in [0, 0.05) is 25.0 Å². The van der Waals surface area contributed by atoms with Crippen LogP contribution in [0.15, 0.2) is 41.7 Å². The number of aryl methyl sites for hydroxylation is 1. The molecule has 0 atom stereocenters. The van der Waals surface area contributed by atoms with Crippen molar-refractivity contribution in [1.82, 2.24) is 9.78 Å². The van der Waals surface area contributed by atoms with E-state index in [0.717, 1.165) is 17.0 Å². The predicted molar refractivity (Wildman–Crippen MR) is 63.5 cm³/mol. The number of methoxy groups -OCH3 is 1. The summed E-state index contributed by atoms with van der Waals surface area (Å²) in [5.74, 6) is 0.766. The van der Waals surface area contributed by atoms with Gasteiger partial charge in [-0.2, -0.15) is 5.10 Å². The summed E-state index contributed by atoms with van der Waals surface area (Å²) in [7, 11) is 3.51. The molecule has 0 aliphatic carbocycles. The van der Waals surface area contributed by atoms with Gasteiger partial charge in [0.2, 0.25) is 0 Å². The van der Waals surface area contributed by atoms with Gasteiger partial charge < -0.3 is 4.74 Å². The second-order valence-corrected chi connectivity index (χ2v) is 3.38. The molecule has 82 valence electrons. The Morgan fingerprint density at radius 3 is 2.88 bits per heavy atom. The zero-order valence-corrected chi connectivity index (χ0v) is 9.29. The number of nitrogens with zero attached hydrogens (tertiary/aromatic N) is 3. The number of ether oxygens (including phenoxy) is 1. The van der Waals surface area contributed by atoms with E-state index >= 15 is 0 Å². The zero-order chi connectivity index (χ0) is 11.4. The van der Waals surface area contributed by atoms with Crippen molar-refractivity contribution in [1.29, 1.82) is 0 Å². The van der Waals surface area contributed by atoms with Crippen molar-refractivity contribution in [3.63, 3.8) is 0 Å². The number of hydrogen-bond donors (Lipinski definition) is 0. The van der Waals surface area contributed by atoms with Crippen LogP contribution in [0.25, 0.3) is 0 Å². The van der Waals surface area contributed by atoms with Crippen LogP contribution < -0.4 is 4.74 Å². The maximum Gasteiger partial charge on any atom is 0.144 e. The van der Waals surface area contributed by atoms with E-state index < -0.39 is 0 Å². The standard InChI is InChI=1S/C12H13N3O/c1-15-9-10(8-14-15)7-13-11-5-3-4-6-12(11)16-2/h3-9H,1-2H3/b13-7+. The Balaban J connectivity index is 2.23. The van der Waals surface area contributed by atoms with Crippen LogP contribution in [0.3, 0.4) is 0 Å². The fraction of sp³-hybridized carbons (Fsp3) is 0.167. The minimum atomic E-state index is 0.766. The average molecular weight is 215 g/mol. The van der Waals surface area contributed by atoms with Gasteiger partial charge in [-0.1, -0.05) is 12.1 Å². The third-order valence-electron chi connectivity index (χ3n) is 2.16. The molecule has 1 heterocycles. The number of aromatic nitrogens is 2. The molecular weight excluding hydrogens is 202 g/mol. The Morgan fingerprint density at radius 2 is 2.19 bits per heavy atom. The van der Waals surface area contributed by atoms with Crippen molar-refractivity contribution < 1.29 is 4.74 Å². The number of hydrogen-bond acceptors (Lipinski definition) is 3. The maximum absolute atomic E-state index is 5.20. The highest BCUT2D eigenvalue weighted by molar-refractivity contribution is 5.81. The van der Waals surface area contributed by atoms with Crippen LogP contribution in [0.5, 0.6) is 5.75 Å². The molecule has 0 unspecified atom stereocenters. The van der Waals surface area contributed by atoms with Gasteiger partial charge in [0.1, 0.15) is 11.4 Å². The van der Waals surface area contributed by atoms with E-state index in [0.29, 0.717) is 0 Å². The van der Waals surface area contributed by atoms with Crippen molar-refractivity contribution in [2.75, 3.05) is 7.11 Å². The lowest BCUT2D eigenvalue weighted by atomic mass is 10.3. The molecule has 16 heavy (non-hydrogen) atoms. The zero-order valence-electron chi connectivity index (χ0n) is 9.29. The fourth-order valence-electron chi connectivity index (χ4n) is 1.39. The lowest BCUT2D eigenvalue weighted by Crippen LogP contribution is -1.85. The molecule has 1 aromatic carbocycles. The van der Waals surface area contributed by atoms with E-state index in [4.69, 9.17) is 4.74 Å². The summed E-state index contributed by atoms with van der Waals surface area (Å²) >= 11 is 0. The monoisotopic (exact) mass is 215 g/mol. The Hall–Kier alpha value is -2.10. The molecule has 0 saturated heterocycles. The van der Waals surface area contributed by atoms with E-state index in [1.807, 2.05) is 37.5 Å². The molecular formula is C12H13N3O. The molecule has 1 aromatic heterocycles. The fourth-order valence-corrected chi connectivity index (χ4v) is 1.39. The van der Waals surface area contributed by atoms with Crippen molar-refractivity contribution in [3.05, 3.63) is 42.2 Å². The van der Waals surface area contributed by atoms with Crippen molar-refractivity contribution in [3.8, 4) is 5.75 Å². The lowest BCUT2D eigenvalue weighted by molar-refractivity contribution is 0.416. The van der Waals surface area contributed by atoms with Crippen molar-refractivity contribution in [2.24, 2.45) is 12.0 Å². The van der Waals surface area contributed by atoms with Crippen molar-refractivity contribution in [2.45, 2.75) is 0 Å². The van der Waals surface area contributed by atoms with Crippen LogP contribution in [0.2, 0.25) is 0 Å². The van der Waals surface area contributed by atoms with Gasteiger partial charge in [0.05, 0.1) is 13.3 Å². The molecule has 0 aliphatic rings. The SMILES string of the molecule is COc1ccccc1/N=C/c1cnn(C)c1. The van der Waals surface area contributed by atoms with Gasteiger partial charge in [0.25, 0.3) is 0 Å². The van der Waals surface area contributed by atoms with Crippen LogP contribution in [0.4, 0.5) is 5.69 Å². The first-order valence-corrected chi connectivity index (χ1v) is 4.95. The second kappa shape index (κ2) is 4.61. The van der Waals surface area contributed by atoms with Gasteiger partial charge in [-0.15, -0.1) is 0 Å². The molecule has 0 radical (unpaired) electrons. The van der Waals surface area contributed by atoms with E-state index in [2.05, 4.69) is 10.1 Å². The Kier molecular flexibility index (Phi) is 3.00. The van der Waals surface area contributed by atoms with Crippen LogP contribution in [0.1, 0.15) is 5.56 Å². The van der Waals surface area contributed by atoms with Crippen LogP contribution in [-0.4, -0.2) is 23.1 Å². The highest BCUT2D eigenvalue weighted by Crippen LogP contribution is 2.25. The first-order valence-electron chi connectivity index (χ1n) is 4.95. The van der Waals surface area contributed by atoms with E-state index in [-0.39, 0.29) is 0 Å². The molecule has 4 heteroatoms. The summed E-state index contributed by atoms with van der Waals surface area (Å²) in [5.41, 5.74) is 1.78. The van der Waals surface area contributed by atoms with E-state index in [1.54, 1.807) is 24.2 Å². The largest absolute Gasteiger partial charge is 0.494 e. The summed E-state index contributed by atoms with van der Waals surface area (Å²) < 4.78 is 6.94. The normalized spacial score (nSPS) is 10.9. The van der Waals surface area contributed by atoms with Gasteiger partial charge in [-0.25, -0.2) is 0 Å². The third-order valence-corrected chi connectivity index (χ3v) is 2.16. The second-order valence-electron chi connectivity index (χ2n) is 3.38. The third kappa shape index (κ3) is 2.28. The van der Waals surface area contributed by atoms with Crippen LogP contribution >= 0.6 is 0 Å². The molecule has 0 fully saturated rings. The summed E-state index contributed by atoms with van der Waals surface area (Å²) in [6.07, 6.45) is 5.43. The first kappa shape index (κ1) is 10.4. The van der Waals surface area contributed by atoms with Gasteiger partial charge in [-0.3, -0.25) is 9.67 Å². The highest BCUT2D eigenvalue weighted by Gasteiger charge is 1.98. The molecule has 0 amide bonds. The minimum Gasteiger partial charge on any atom is -0.494 e. The van der Waals surface area contributed by atoms with Crippen LogP contribution in [-0.2, 0) is 7.05 Å². The molecule has 2 rings (SSSR count). The van der Waals surface area contributed by atoms with Crippen LogP contribution in [0, 0.1) is 0 Å².